The third-order valence-corrected chi connectivity index (χ3v) is 8.48. The van der Waals surface area contributed by atoms with E-state index in [0.717, 1.165) is 64.0 Å². The summed E-state index contributed by atoms with van der Waals surface area (Å²) in [4.78, 5) is 40.6. The summed E-state index contributed by atoms with van der Waals surface area (Å²) < 4.78 is 6.14. The first kappa shape index (κ1) is 34.4. The minimum atomic E-state index is -0.345. The zero-order valence-corrected chi connectivity index (χ0v) is 28.9. The molecule has 5 rings (SSSR count). The summed E-state index contributed by atoms with van der Waals surface area (Å²) in [5.41, 5.74) is 6.50. The SMILES string of the molecule is CC(C)CCN(C(=O)Nc1c(C(C)C)cc(-c2cccc(OCCCc3ccccn3)c2)cc1C(C)C)c1cc2cccnc2[nH]c1=O. The first-order chi connectivity index (χ1) is 23.1. The fourth-order valence-corrected chi connectivity index (χ4v) is 5.78. The van der Waals surface area contributed by atoms with Crippen LogP contribution in [0.5, 0.6) is 5.75 Å². The first-order valence-electron chi connectivity index (χ1n) is 17.0. The summed E-state index contributed by atoms with van der Waals surface area (Å²) >= 11 is 0. The standard InChI is InChI=1S/C40H47N5O3/c1-26(2)17-20-45(36-25-30-13-10-19-42-38(30)44-39(36)46)40(47)43-37-34(27(3)4)23-31(24-35(37)28(5)6)29-12-9-16-33(22-29)48-21-11-15-32-14-7-8-18-41-32/h7-10,12-14,16,18-19,22-28H,11,15,17,20-21H2,1-6H3,(H,43,47)(H,42,44,46). The van der Waals surface area contributed by atoms with Gasteiger partial charge in [0.15, 0.2) is 0 Å². The van der Waals surface area contributed by atoms with Crippen molar-refractivity contribution < 1.29 is 9.53 Å². The number of benzene rings is 2. The highest BCUT2D eigenvalue weighted by Crippen LogP contribution is 2.38. The van der Waals surface area contributed by atoms with E-state index in [9.17, 15) is 9.59 Å². The lowest BCUT2D eigenvalue weighted by Gasteiger charge is -2.27. The molecule has 48 heavy (non-hydrogen) atoms. The molecule has 2 amide bonds. The molecule has 0 fully saturated rings. The highest BCUT2D eigenvalue weighted by atomic mass is 16.5. The predicted molar refractivity (Wildman–Crippen MR) is 196 cm³/mol. The molecule has 0 aliphatic heterocycles. The summed E-state index contributed by atoms with van der Waals surface area (Å²) in [6.07, 6.45) is 5.94. The molecular weight excluding hydrogens is 598 g/mol. The molecule has 0 aliphatic rings. The van der Waals surface area contributed by atoms with Gasteiger partial charge in [0.2, 0.25) is 0 Å². The number of ether oxygens (including phenoxy) is 1. The number of hydrogen-bond acceptors (Lipinski definition) is 5. The molecular formula is C40H47N5O3. The molecule has 2 aromatic carbocycles. The van der Waals surface area contributed by atoms with Gasteiger partial charge in [0.25, 0.3) is 5.56 Å². The number of fused-ring (bicyclic) bond motifs is 1. The van der Waals surface area contributed by atoms with Crippen LogP contribution < -0.4 is 20.5 Å². The largest absolute Gasteiger partial charge is 0.494 e. The lowest BCUT2D eigenvalue weighted by molar-refractivity contribution is 0.256. The van der Waals surface area contributed by atoms with Gasteiger partial charge < -0.3 is 15.0 Å². The van der Waals surface area contributed by atoms with Crippen molar-refractivity contribution in [3.05, 3.63) is 112 Å². The van der Waals surface area contributed by atoms with Crippen molar-refractivity contribution in [2.24, 2.45) is 5.92 Å². The number of pyridine rings is 3. The Morgan fingerprint density at radius 2 is 1.60 bits per heavy atom. The van der Waals surface area contributed by atoms with Gasteiger partial charge in [0.1, 0.15) is 17.1 Å². The van der Waals surface area contributed by atoms with E-state index in [4.69, 9.17) is 4.74 Å². The number of carbonyl (C=O) groups excluding carboxylic acids is 1. The minimum absolute atomic E-state index is 0.128. The Bertz CT molecular complexity index is 1870. The topological polar surface area (TPSA) is 100 Å². The smallest absolute Gasteiger partial charge is 0.326 e. The number of nitrogens with one attached hydrogen (secondary N) is 2. The van der Waals surface area contributed by atoms with E-state index < -0.39 is 0 Å². The third kappa shape index (κ3) is 8.48. The molecule has 0 unspecified atom stereocenters. The van der Waals surface area contributed by atoms with E-state index >= 15 is 0 Å². The molecule has 3 heterocycles. The van der Waals surface area contributed by atoms with Crippen LogP contribution in [0.1, 0.15) is 83.0 Å². The molecule has 0 atom stereocenters. The van der Waals surface area contributed by atoms with E-state index in [0.29, 0.717) is 30.4 Å². The molecule has 250 valence electrons. The number of nitrogens with zero attached hydrogens (tertiary/aromatic N) is 3. The second-order valence-corrected chi connectivity index (χ2v) is 13.3. The number of carbonyl (C=O) groups is 1. The van der Waals surface area contributed by atoms with E-state index in [2.05, 4.69) is 86.1 Å². The van der Waals surface area contributed by atoms with Crippen molar-refractivity contribution in [2.75, 3.05) is 23.4 Å². The number of aryl methyl sites for hydroxylation is 1. The van der Waals surface area contributed by atoms with Crippen LogP contribution in [-0.4, -0.2) is 34.1 Å². The molecule has 3 aromatic heterocycles. The molecule has 8 heteroatoms. The van der Waals surface area contributed by atoms with Crippen molar-refractivity contribution in [1.29, 1.82) is 0 Å². The molecule has 8 nitrogen and oxygen atoms in total. The van der Waals surface area contributed by atoms with Gasteiger partial charge >= 0.3 is 6.03 Å². The van der Waals surface area contributed by atoms with Crippen LogP contribution in [-0.2, 0) is 6.42 Å². The van der Waals surface area contributed by atoms with Crippen molar-refractivity contribution >= 4 is 28.4 Å². The average molecular weight is 646 g/mol. The molecule has 0 radical (unpaired) electrons. The maximum atomic E-state index is 14.2. The van der Waals surface area contributed by atoms with Crippen LogP contribution in [0, 0.1) is 5.92 Å². The zero-order valence-electron chi connectivity index (χ0n) is 28.9. The van der Waals surface area contributed by atoms with E-state index in [1.165, 1.54) is 0 Å². The third-order valence-electron chi connectivity index (χ3n) is 8.48. The number of aromatic nitrogens is 3. The lowest BCUT2D eigenvalue weighted by Crippen LogP contribution is -2.40. The second kappa shape index (κ2) is 15.7. The van der Waals surface area contributed by atoms with Crippen LogP contribution in [0.2, 0.25) is 0 Å². The van der Waals surface area contributed by atoms with E-state index in [1.54, 1.807) is 17.2 Å². The Morgan fingerprint density at radius 1 is 0.854 bits per heavy atom. The summed E-state index contributed by atoms with van der Waals surface area (Å²) in [5, 5.41) is 4.03. The summed E-state index contributed by atoms with van der Waals surface area (Å²) in [5.74, 6) is 1.42. The number of amides is 2. The van der Waals surface area contributed by atoms with Crippen LogP contribution in [0.4, 0.5) is 16.2 Å². The van der Waals surface area contributed by atoms with Crippen LogP contribution in [0.15, 0.2) is 90.0 Å². The Hall–Kier alpha value is -4.98. The monoisotopic (exact) mass is 645 g/mol. The molecule has 0 bridgehead atoms. The molecule has 0 aliphatic carbocycles. The van der Waals surface area contributed by atoms with Crippen LogP contribution in [0.25, 0.3) is 22.2 Å². The fourth-order valence-electron chi connectivity index (χ4n) is 5.78. The maximum Gasteiger partial charge on any atom is 0.326 e. The van der Waals surface area contributed by atoms with Gasteiger partial charge in [-0.1, -0.05) is 59.7 Å². The Morgan fingerprint density at radius 3 is 2.29 bits per heavy atom. The quantitative estimate of drug-likeness (QED) is 0.124. The van der Waals surface area contributed by atoms with Gasteiger partial charge in [-0.2, -0.15) is 0 Å². The van der Waals surface area contributed by atoms with Crippen molar-refractivity contribution in [3.8, 4) is 16.9 Å². The Balaban J connectivity index is 1.44. The lowest BCUT2D eigenvalue weighted by atomic mass is 9.88. The number of urea groups is 1. The summed E-state index contributed by atoms with van der Waals surface area (Å²) in [7, 11) is 0. The van der Waals surface area contributed by atoms with Gasteiger partial charge in [-0.15, -0.1) is 0 Å². The fraction of sp³-hybridized carbons (Fsp3) is 0.350. The highest BCUT2D eigenvalue weighted by molar-refractivity contribution is 6.03. The molecule has 0 saturated heterocycles. The number of hydrogen-bond donors (Lipinski definition) is 2. The number of aromatic amines is 1. The Kier molecular flexibility index (Phi) is 11.3. The maximum absolute atomic E-state index is 14.2. The van der Waals surface area contributed by atoms with Crippen molar-refractivity contribution in [1.82, 2.24) is 15.0 Å². The molecule has 2 N–H and O–H groups in total. The Labute approximate surface area is 283 Å². The number of anilines is 2. The van der Waals surface area contributed by atoms with Crippen molar-refractivity contribution in [3.63, 3.8) is 0 Å². The van der Waals surface area contributed by atoms with Gasteiger partial charge in [-0.25, -0.2) is 9.78 Å². The van der Waals surface area contributed by atoms with Gasteiger partial charge in [-0.05, 0) is 114 Å². The highest BCUT2D eigenvalue weighted by Gasteiger charge is 2.24. The van der Waals surface area contributed by atoms with E-state index in [1.807, 2.05) is 48.7 Å². The van der Waals surface area contributed by atoms with Crippen LogP contribution >= 0.6 is 0 Å². The van der Waals surface area contributed by atoms with E-state index in [-0.39, 0.29) is 23.4 Å². The van der Waals surface area contributed by atoms with Gasteiger partial charge in [-0.3, -0.25) is 14.7 Å². The summed E-state index contributed by atoms with van der Waals surface area (Å²) in [6.45, 7) is 13.8. The van der Waals surface area contributed by atoms with Gasteiger partial charge in [0, 0.05) is 35.7 Å². The molecule has 0 spiro atoms. The zero-order chi connectivity index (χ0) is 34.2. The number of rotatable bonds is 13. The second-order valence-electron chi connectivity index (χ2n) is 13.3. The average Bonchev–Trinajstić information content (AvgIpc) is 3.07. The first-order valence-corrected chi connectivity index (χ1v) is 17.0. The molecule has 0 saturated carbocycles. The summed E-state index contributed by atoms with van der Waals surface area (Å²) in [6, 6.07) is 23.6. The van der Waals surface area contributed by atoms with Gasteiger partial charge in [0.05, 0.1) is 6.61 Å². The number of H-pyrrole nitrogens is 1. The predicted octanol–water partition coefficient (Wildman–Crippen LogP) is 9.33. The van der Waals surface area contributed by atoms with Crippen LogP contribution in [0.3, 0.4) is 0 Å². The normalized spacial score (nSPS) is 11.4. The minimum Gasteiger partial charge on any atom is -0.494 e. The molecule has 5 aromatic rings. The van der Waals surface area contributed by atoms with Crippen molar-refractivity contribution in [2.45, 2.75) is 72.6 Å².